The topological polar surface area (TPSA) is 98.8 Å². The molecule has 57 heavy (non-hydrogen) atoms. The van der Waals surface area contributed by atoms with Crippen LogP contribution in [0.3, 0.4) is 0 Å². The van der Waals surface area contributed by atoms with E-state index in [4.69, 9.17) is 23.7 Å². The van der Waals surface area contributed by atoms with Crippen molar-refractivity contribution in [2.45, 2.75) is 50.7 Å². The molecule has 10 nitrogen and oxygen atoms in total. The summed E-state index contributed by atoms with van der Waals surface area (Å²) in [5.41, 5.74) is 7.00. The van der Waals surface area contributed by atoms with Gasteiger partial charge in [0.15, 0.2) is 0 Å². The zero-order valence-corrected chi connectivity index (χ0v) is 32.7. The van der Waals surface area contributed by atoms with Crippen molar-refractivity contribution < 1.29 is 33.3 Å². The molecule has 5 aromatic rings. The molecule has 0 spiro atoms. The molecule has 1 saturated heterocycles. The lowest BCUT2D eigenvalue weighted by molar-refractivity contribution is -0.130. The molecule has 5 aromatic carbocycles. The van der Waals surface area contributed by atoms with Gasteiger partial charge in [-0.15, -0.1) is 0 Å². The zero-order valence-electron chi connectivity index (χ0n) is 32.7. The van der Waals surface area contributed by atoms with E-state index in [0.29, 0.717) is 32.8 Å². The highest BCUT2D eigenvalue weighted by atomic mass is 16.6. The number of nitrogens with one attached hydrogen (secondary N) is 1. The van der Waals surface area contributed by atoms with Crippen LogP contribution in [0.1, 0.15) is 41.0 Å². The van der Waals surface area contributed by atoms with Crippen LogP contribution >= 0.6 is 0 Å². The lowest BCUT2D eigenvalue weighted by Gasteiger charge is -2.42. The van der Waals surface area contributed by atoms with Gasteiger partial charge in [0.2, 0.25) is 5.91 Å². The number of anilines is 1. The largest absolute Gasteiger partial charge is 0.497 e. The summed E-state index contributed by atoms with van der Waals surface area (Å²) >= 11 is 0. The first kappa shape index (κ1) is 39.4. The molecule has 1 fully saturated rings. The molecular formula is C47H51N3O7. The molecule has 2 heterocycles. The first-order valence-corrected chi connectivity index (χ1v) is 19.6. The van der Waals surface area contributed by atoms with Crippen LogP contribution in [0, 0.1) is 0 Å². The SMILES string of the molecule is COCCCN1CCOc2ccc(CO[C@H]3CN(C(=O)OCc4ccccc4)[C@@H](C(=O)NCc4cccc(-c5ccccc5)c4)C[C@@H]3c3ccc(OC)cc3)cc21. The summed E-state index contributed by atoms with van der Waals surface area (Å²) in [4.78, 5) is 32.2. The standard InChI is InChI=1S/C47H51N3O7/c1-53-25-10-23-49-24-26-55-44-22-17-36(28-42(44)49)33-56-45-31-50(47(52)57-32-34-11-5-3-6-12-34)43(29-41(45)38-18-20-40(54-2)21-19-38)46(51)48-30-35-13-9-16-39(27-35)37-14-7-4-8-15-37/h3-9,11-22,27-28,41,43,45H,10,23-26,29-33H2,1-2H3,(H,48,51)/t41-,43-,45+/m1/s1. The number of rotatable bonds is 15. The first-order valence-electron chi connectivity index (χ1n) is 19.6. The molecule has 2 aliphatic rings. The Morgan fingerprint density at radius 1 is 0.789 bits per heavy atom. The molecule has 1 N–H and O–H groups in total. The van der Waals surface area contributed by atoms with Crippen LogP contribution in [-0.2, 0) is 38.8 Å². The number of ether oxygens (including phenoxy) is 5. The summed E-state index contributed by atoms with van der Waals surface area (Å²) in [5, 5.41) is 3.15. The number of likely N-dealkylation sites (tertiary alicyclic amines) is 1. The van der Waals surface area contributed by atoms with Gasteiger partial charge in [0.25, 0.3) is 0 Å². The minimum Gasteiger partial charge on any atom is -0.497 e. The van der Waals surface area contributed by atoms with Gasteiger partial charge in [0.05, 0.1) is 38.6 Å². The molecule has 0 saturated carbocycles. The Labute approximate surface area is 335 Å². The number of nitrogens with zero attached hydrogens (tertiary/aromatic N) is 2. The van der Waals surface area contributed by atoms with E-state index in [1.807, 2.05) is 97.1 Å². The maximum Gasteiger partial charge on any atom is 0.410 e. The number of benzene rings is 5. The third-order valence-corrected chi connectivity index (χ3v) is 10.7. The Bertz CT molecular complexity index is 2060. The van der Waals surface area contributed by atoms with Crippen molar-refractivity contribution in [3.63, 3.8) is 0 Å². The quantitative estimate of drug-likeness (QED) is 0.107. The number of methoxy groups -OCH3 is 2. The Kier molecular flexibility index (Phi) is 13.4. The van der Waals surface area contributed by atoms with Crippen LogP contribution in [0.5, 0.6) is 11.5 Å². The van der Waals surface area contributed by atoms with Crippen molar-refractivity contribution >= 4 is 17.7 Å². The first-order chi connectivity index (χ1) is 28.0. The minimum absolute atomic E-state index is 0.0856. The maximum atomic E-state index is 14.3. The van der Waals surface area contributed by atoms with E-state index in [9.17, 15) is 9.59 Å². The van der Waals surface area contributed by atoms with Crippen LogP contribution in [0.2, 0.25) is 0 Å². The van der Waals surface area contributed by atoms with Gasteiger partial charge in [0, 0.05) is 32.7 Å². The Hall–Kier alpha value is -5.84. The van der Waals surface area contributed by atoms with Crippen LogP contribution < -0.4 is 19.7 Å². The van der Waals surface area contributed by atoms with E-state index < -0.39 is 18.2 Å². The van der Waals surface area contributed by atoms with E-state index >= 15 is 0 Å². The van der Waals surface area contributed by atoms with Crippen LogP contribution in [0.15, 0.2) is 127 Å². The predicted octanol–water partition coefficient (Wildman–Crippen LogP) is 7.99. The molecule has 10 heteroatoms. The van der Waals surface area contributed by atoms with E-state index in [0.717, 1.165) is 70.1 Å². The van der Waals surface area contributed by atoms with Gasteiger partial charge in [-0.2, -0.15) is 0 Å². The van der Waals surface area contributed by atoms with Crippen LogP contribution in [0.25, 0.3) is 11.1 Å². The summed E-state index contributed by atoms with van der Waals surface area (Å²) in [6.07, 6.45) is 0.232. The average Bonchev–Trinajstić information content (AvgIpc) is 3.27. The van der Waals surface area contributed by atoms with Gasteiger partial charge in [-0.3, -0.25) is 9.69 Å². The fourth-order valence-electron chi connectivity index (χ4n) is 7.63. The van der Waals surface area contributed by atoms with Gasteiger partial charge in [0.1, 0.15) is 30.8 Å². The van der Waals surface area contributed by atoms with Gasteiger partial charge >= 0.3 is 6.09 Å². The molecule has 296 valence electrons. The van der Waals surface area contributed by atoms with E-state index in [1.165, 1.54) is 0 Å². The normalized spacial score (nSPS) is 17.6. The lowest BCUT2D eigenvalue weighted by Crippen LogP contribution is -2.57. The van der Waals surface area contributed by atoms with Crippen molar-refractivity contribution in [3.8, 4) is 22.6 Å². The van der Waals surface area contributed by atoms with Crippen LogP contribution in [0.4, 0.5) is 10.5 Å². The van der Waals surface area contributed by atoms with Gasteiger partial charge < -0.3 is 33.9 Å². The third kappa shape index (κ3) is 10.1. The number of piperidine rings is 1. The summed E-state index contributed by atoms with van der Waals surface area (Å²) in [6, 6.07) is 41.0. The second-order valence-electron chi connectivity index (χ2n) is 14.4. The number of hydrogen-bond donors (Lipinski definition) is 1. The molecular weight excluding hydrogens is 719 g/mol. The summed E-state index contributed by atoms with van der Waals surface area (Å²) < 4.78 is 29.4. The van der Waals surface area contributed by atoms with E-state index in [-0.39, 0.29) is 25.0 Å². The van der Waals surface area contributed by atoms with Crippen molar-refractivity contribution in [1.29, 1.82) is 0 Å². The van der Waals surface area contributed by atoms with Gasteiger partial charge in [-0.1, -0.05) is 97.1 Å². The van der Waals surface area contributed by atoms with Crippen molar-refractivity contribution in [2.75, 3.05) is 52.0 Å². The van der Waals surface area contributed by atoms with E-state index in [1.54, 1.807) is 19.1 Å². The second-order valence-corrected chi connectivity index (χ2v) is 14.4. The van der Waals surface area contributed by atoms with E-state index in [2.05, 4.69) is 40.5 Å². The summed E-state index contributed by atoms with van der Waals surface area (Å²) in [7, 11) is 3.36. The van der Waals surface area contributed by atoms with Gasteiger partial charge in [-0.05, 0) is 76.6 Å². The molecule has 0 aromatic heterocycles. The molecule has 0 unspecified atom stereocenters. The highest BCUT2D eigenvalue weighted by molar-refractivity contribution is 5.86. The summed E-state index contributed by atoms with van der Waals surface area (Å²) in [6.45, 7) is 3.83. The number of fused-ring (bicyclic) bond motifs is 1. The molecule has 0 aliphatic carbocycles. The highest BCUT2D eigenvalue weighted by Crippen LogP contribution is 2.37. The third-order valence-electron chi connectivity index (χ3n) is 10.7. The summed E-state index contributed by atoms with van der Waals surface area (Å²) in [5.74, 6) is 1.12. The minimum atomic E-state index is -0.806. The average molecular weight is 770 g/mol. The second kappa shape index (κ2) is 19.3. The van der Waals surface area contributed by atoms with Crippen molar-refractivity contribution in [3.05, 3.63) is 150 Å². The van der Waals surface area contributed by atoms with Crippen LogP contribution in [-0.4, -0.2) is 76.1 Å². The lowest BCUT2D eigenvalue weighted by atomic mass is 9.82. The molecule has 7 rings (SSSR count). The molecule has 0 radical (unpaired) electrons. The Morgan fingerprint density at radius 3 is 2.32 bits per heavy atom. The predicted molar refractivity (Wildman–Crippen MR) is 220 cm³/mol. The molecule has 0 bridgehead atoms. The van der Waals surface area contributed by atoms with Crippen molar-refractivity contribution in [1.82, 2.24) is 10.2 Å². The number of carbonyl (C=O) groups excluding carboxylic acids is 2. The molecule has 2 amide bonds. The molecule has 2 aliphatic heterocycles. The number of amides is 2. The fourth-order valence-corrected chi connectivity index (χ4v) is 7.63. The van der Waals surface area contributed by atoms with Crippen molar-refractivity contribution in [2.24, 2.45) is 0 Å². The monoisotopic (exact) mass is 769 g/mol. The highest BCUT2D eigenvalue weighted by Gasteiger charge is 2.43. The number of carbonyl (C=O) groups is 2. The Balaban J connectivity index is 1.13. The Morgan fingerprint density at radius 2 is 1.54 bits per heavy atom. The maximum absolute atomic E-state index is 14.3. The molecule has 3 atom stereocenters. The van der Waals surface area contributed by atoms with Gasteiger partial charge in [-0.25, -0.2) is 4.79 Å². The fraction of sp³-hybridized carbons (Fsp3) is 0.319. The number of hydrogen-bond acceptors (Lipinski definition) is 8. The smallest absolute Gasteiger partial charge is 0.410 e. The zero-order chi connectivity index (χ0) is 39.4.